The van der Waals surface area contributed by atoms with Gasteiger partial charge in [0.15, 0.2) is 0 Å². The monoisotopic (exact) mass is 208 g/mol. The highest BCUT2D eigenvalue weighted by Gasteiger charge is 2.34. The molecule has 2 aliphatic carbocycles. The number of benzene rings is 1. The molecule has 1 spiro atoms. The molecule has 2 aliphatic rings. The van der Waals surface area contributed by atoms with E-state index in [1.807, 2.05) is 0 Å². The van der Waals surface area contributed by atoms with Crippen LogP contribution in [-0.4, -0.2) is 0 Å². The van der Waals surface area contributed by atoms with Crippen molar-refractivity contribution in [3.05, 3.63) is 71.8 Å². The Hall–Kier alpha value is -1.56. The first kappa shape index (κ1) is 9.65. The van der Waals surface area contributed by atoms with Crippen molar-refractivity contribution in [1.29, 1.82) is 0 Å². The summed E-state index contributed by atoms with van der Waals surface area (Å²) in [5.41, 5.74) is 4.48. The number of aryl methyl sites for hydroxylation is 1. The maximum absolute atomic E-state index is 4.23. The quantitative estimate of drug-likeness (QED) is 0.607. The summed E-state index contributed by atoms with van der Waals surface area (Å²) in [6.45, 7) is 4.23. The first-order valence-electron chi connectivity index (χ1n) is 5.92. The van der Waals surface area contributed by atoms with Gasteiger partial charge in [0.25, 0.3) is 0 Å². The Morgan fingerprint density at radius 1 is 1.06 bits per heavy atom. The summed E-state index contributed by atoms with van der Waals surface area (Å²) in [6.07, 6.45) is 12.2. The van der Waals surface area contributed by atoms with Gasteiger partial charge in [0, 0.05) is 5.41 Å². The number of hydrogen-bond acceptors (Lipinski definition) is 0. The standard InChI is InChI=1S/C16H16/c1-13-6-4-5-10-16(13)11-9-14-7-2-3-8-15(14)12-16/h2-8,10H,1,9,11-12H2. The Labute approximate surface area is 97.0 Å². The van der Waals surface area contributed by atoms with Crippen LogP contribution in [-0.2, 0) is 12.8 Å². The minimum atomic E-state index is 0.198. The maximum Gasteiger partial charge on any atom is 0.0173 e. The van der Waals surface area contributed by atoms with Crippen LogP contribution in [0.5, 0.6) is 0 Å². The van der Waals surface area contributed by atoms with Crippen molar-refractivity contribution in [2.45, 2.75) is 19.3 Å². The number of hydrogen-bond donors (Lipinski definition) is 0. The second-order valence-electron chi connectivity index (χ2n) is 4.85. The predicted molar refractivity (Wildman–Crippen MR) is 68.3 cm³/mol. The molecule has 0 heterocycles. The Balaban J connectivity index is 2.01. The largest absolute Gasteiger partial charge is 0.0949 e. The molecule has 0 saturated carbocycles. The van der Waals surface area contributed by atoms with Gasteiger partial charge in [-0.1, -0.05) is 55.1 Å². The van der Waals surface area contributed by atoms with Crippen LogP contribution < -0.4 is 0 Å². The van der Waals surface area contributed by atoms with E-state index in [4.69, 9.17) is 0 Å². The zero-order valence-corrected chi connectivity index (χ0v) is 9.45. The number of fused-ring (bicyclic) bond motifs is 1. The van der Waals surface area contributed by atoms with Crippen LogP contribution in [0.2, 0.25) is 0 Å². The number of allylic oxidation sites excluding steroid dienone is 5. The fourth-order valence-corrected chi connectivity index (χ4v) is 2.86. The molecule has 0 aliphatic heterocycles. The fourth-order valence-electron chi connectivity index (χ4n) is 2.86. The topological polar surface area (TPSA) is 0 Å². The van der Waals surface area contributed by atoms with Crippen LogP contribution in [0.25, 0.3) is 0 Å². The van der Waals surface area contributed by atoms with Crippen LogP contribution >= 0.6 is 0 Å². The maximum atomic E-state index is 4.23. The Bertz CT molecular complexity index is 491. The molecule has 0 N–H and O–H groups in total. The second-order valence-corrected chi connectivity index (χ2v) is 4.85. The number of rotatable bonds is 0. The minimum Gasteiger partial charge on any atom is -0.0949 e. The van der Waals surface area contributed by atoms with Gasteiger partial charge in [0.05, 0.1) is 0 Å². The molecule has 0 radical (unpaired) electrons. The van der Waals surface area contributed by atoms with Crippen molar-refractivity contribution in [3.63, 3.8) is 0 Å². The fraction of sp³-hybridized carbons (Fsp3) is 0.250. The summed E-state index contributed by atoms with van der Waals surface area (Å²) in [7, 11) is 0. The first-order chi connectivity index (χ1) is 7.80. The molecule has 3 rings (SSSR count). The highest BCUT2D eigenvalue weighted by molar-refractivity contribution is 5.43. The lowest BCUT2D eigenvalue weighted by Gasteiger charge is -2.38. The lowest BCUT2D eigenvalue weighted by Crippen LogP contribution is -2.29. The van der Waals surface area contributed by atoms with E-state index in [9.17, 15) is 0 Å². The molecule has 0 amide bonds. The summed E-state index contributed by atoms with van der Waals surface area (Å²) >= 11 is 0. The zero-order chi connectivity index (χ0) is 11.0. The molecule has 1 unspecified atom stereocenters. The molecule has 0 saturated heterocycles. The predicted octanol–water partition coefficient (Wildman–Crippen LogP) is 3.84. The highest BCUT2D eigenvalue weighted by atomic mass is 14.4. The van der Waals surface area contributed by atoms with Crippen molar-refractivity contribution >= 4 is 0 Å². The van der Waals surface area contributed by atoms with Gasteiger partial charge < -0.3 is 0 Å². The zero-order valence-electron chi connectivity index (χ0n) is 9.45. The van der Waals surface area contributed by atoms with Crippen molar-refractivity contribution in [2.24, 2.45) is 5.41 Å². The third-order valence-corrected chi connectivity index (χ3v) is 3.93. The lowest BCUT2D eigenvalue weighted by molar-refractivity contribution is 0.403. The van der Waals surface area contributed by atoms with E-state index in [2.05, 4.69) is 55.1 Å². The Kier molecular flexibility index (Phi) is 2.10. The van der Waals surface area contributed by atoms with Crippen LogP contribution in [0.3, 0.4) is 0 Å². The molecule has 80 valence electrons. The Morgan fingerprint density at radius 2 is 1.88 bits per heavy atom. The third kappa shape index (κ3) is 1.37. The molecule has 1 atom stereocenters. The van der Waals surface area contributed by atoms with Gasteiger partial charge in [-0.15, -0.1) is 0 Å². The molecule has 0 bridgehead atoms. The van der Waals surface area contributed by atoms with Crippen molar-refractivity contribution in [2.75, 3.05) is 0 Å². The van der Waals surface area contributed by atoms with E-state index >= 15 is 0 Å². The van der Waals surface area contributed by atoms with E-state index in [1.165, 1.54) is 29.5 Å². The van der Waals surface area contributed by atoms with Crippen LogP contribution in [0.15, 0.2) is 60.7 Å². The van der Waals surface area contributed by atoms with E-state index in [0.29, 0.717) is 0 Å². The van der Waals surface area contributed by atoms with Gasteiger partial charge >= 0.3 is 0 Å². The van der Waals surface area contributed by atoms with E-state index < -0.39 is 0 Å². The van der Waals surface area contributed by atoms with Crippen LogP contribution in [0.4, 0.5) is 0 Å². The van der Waals surface area contributed by atoms with Crippen molar-refractivity contribution in [1.82, 2.24) is 0 Å². The molecule has 0 heteroatoms. The van der Waals surface area contributed by atoms with E-state index in [0.717, 1.165) is 6.42 Å². The van der Waals surface area contributed by atoms with Crippen molar-refractivity contribution < 1.29 is 0 Å². The van der Waals surface area contributed by atoms with Gasteiger partial charge in [-0.2, -0.15) is 0 Å². The van der Waals surface area contributed by atoms with Crippen LogP contribution in [0.1, 0.15) is 17.5 Å². The minimum absolute atomic E-state index is 0.198. The molecule has 1 aromatic rings. The molecule has 16 heavy (non-hydrogen) atoms. The van der Waals surface area contributed by atoms with Gasteiger partial charge in [-0.25, -0.2) is 0 Å². The second kappa shape index (κ2) is 3.48. The Morgan fingerprint density at radius 3 is 2.69 bits per heavy atom. The average molecular weight is 208 g/mol. The van der Waals surface area contributed by atoms with Gasteiger partial charge in [-0.3, -0.25) is 0 Å². The van der Waals surface area contributed by atoms with E-state index in [-0.39, 0.29) is 5.41 Å². The summed E-state index contributed by atoms with van der Waals surface area (Å²) in [5.74, 6) is 0. The highest BCUT2D eigenvalue weighted by Crippen LogP contribution is 2.43. The smallest absolute Gasteiger partial charge is 0.0173 e. The summed E-state index contributed by atoms with van der Waals surface area (Å²) in [6, 6.07) is 8.80. The summed E-state index contributed by atoms with van der Waals surface area (Å²) in [4.78, 5) is 0. The third-order valence-electron chi connectivity index (χ3n) is 3.93. The molecular weight excluding hydrogens is 192 g/mol. The summed E-state index contributed by atoms with van der Waals surface area (Å²) in [5, 5.41) is 0. The molecular formula is C16H16. The van der Waals surface area contributed by atoms with Gasteiger partial charge in [0.2, 0.25) is 0 Å². The molecule has 0 fully saturated rings. The first-order valence-corrected chi connectivity index (χ1v) is 5.92. The average Bonchev–Trinajstić information content (AvgIpc) is 2.33. The van der Waals surface area contributed by atoms with Gasteiger partial charge in [-0.05, 0) is 36.0 Å². The summed E-state index contributed by atoms with van der Waals surface area (Å²) < 4.78 is 0. The normalized spacial score (nSPS) is 27.1. The SMILES string of the molecule is C=C1C=CC=CC12CCc1ccccc1C2. The molecule has 0 aromatic heterocycles. The molecule has 1 aromatic carbocycles. The van der Waals surface area contributed by atoms with Crippen LogP contribution in [0, 0.1) is 5.41 Å². The van der Waals surface area contributed by atoms with E-state index in [1.54, 1.807) is 0 Å². The van der Waals surface area contributed by atoms with Gasteiger partial charge in [0.1, 0.15) is 0 Å². The molecule has 0 nitrogen and oxygen atoms in total. The lowest BCUT2D eigenvalue weighted by atomic mass is 9.66. The van der Waals surface area contributed by atoms with Crippen molar-refractivity contribution in [3.8, 4) is 0 Å².